The summed E-state index contributed by atoms with van der Waals surface area (Å²) in [7, 11) is -2.09. The molecule has 8 heteroatoms. The Morgan fingerprint density at radius 2 is 2.10 bits per heavy atom. The van der Waals surface area contributed by atoms with Gasteiger partial charge in [-0.15, -0.1) is 0 Å². The molecule has 1 aromatic heterocycles. The van der Waals surface area contributed by atoms with Crippen LogP contribution in [0.1, 0.15) is 37.9 Å². The highest BCUT2D eigenvalue weighted by atomic mass is 32.2. The molecule has 0 bridgehead atoms. The molecule has 0 aliphatic rings. The first-order chi connectivity index (χ1) is 9.96. The number of aryl methyl sites for hydroxylation is 1. The second kappa shape index (κ2) is 8.47. The molecule has 0 fully saturated rings. The van der Waals surface area contributed by atoms with Gasteiger partial charge in [-0.05, 0) is 19.9 Å². The average Bonchev–Trinajstić information content (AvgIpc) is 2.78. The molecule has 0 amide bonds. The summed E-state index contributed by atoms with van der Waals surface area (Å²) in [4.78, 5) is 0. The molecule has 3 N–H and O–H groups in total. The van der Waals surface area contributed by atoms with E-state index in [9.17, 15) is 8.42 Å². The van der Waals surface area contributed by atoms with Gasteiger partial charge < -0.3 is 10.1 Å². The highest BCUT2D eigenvalue weighted by molar-refractivity contribution is 7.89. The van der Waals surface area contributed by atoms with Gasteiger partial charge in [0.2, 0.25) is 0 Å². The van der Waals surface area contributed by atoms with E-state index in [1.54, 1.807) is 7.11 Å². The van der Waals surface area contributed by atoms with E-state index in [-0.39, 0.29) is 11.1 Å². The van der Waals surface area contributed by atoms with E-state index < -0.39 is 10.0 Å². The van der Waals surface area contributed by atoms with Crippen LogP contribution in [-0.4, -0.2) is 44.9 Å². The Morgan fingerprint density at radius 3 is 2.67 bits per heavy atom. The van der Waals surface area contributed by atoms with Crippen LogP contribution in [0.4, 0.5) is 0 Å². The van der Waals surface area contributed by atoms with Crippen molar-refractivity contribution in [2.75, 3.05) is 20.3 Å². The molecule has 7 nitrogen and oxygen atoms in total. The number of rotatable bonds is 10. The van der Waals surface area contributed by atoms with Crippen LogP contribution >= 0.6 is 0 Å². The van der Waals surface area contributed by atoms with Gasteiger partial charge in [0.25, 0.3) is 10.0 Å². The van der Waals surface area contributed by atoms with Gasteiger partial charge in [0.15, 0.2) is 5.03 Å². The Hall–Kier alpha value is -0.960. The summed E-state index contributed by atoms with van der Waals surface area (Å²) < 4.78 is 32.8. The number of ether oxygens (including phenoxy) is 1. The fourth-order valence-electron chi connectivity index (χ4n) is 2.11. The van der Waals surface area contributed by atoms with E-state index in [1.165, 1.54) is 0 Å². The van der Waals surface area contributed by atoms with E-state index in [2.05, 4.69) is 20.2 Å². The third kappa shape index (κ3) is 5.06. The fourth-order valence-corrected chi connectivity index (χ4v) is 3.56. The van der Waals surface area contributed by atoms with Gasteiger partial charge in [-0.25, -0.2) is 13.1 Å². The van der Waals surface area contributed by atoms with Crippen LogP contribution in [0.2, 0.25) is 0 Å². The Balaban J connectivity index is 2.96. The van der Waals surface area contributed by atoms with Gasteiger partial charge in [-0.2, -0.15) is 5.10 Å². The topological polar surface area (TPSA) is 96.1 Å². The second-order valence-corrected chi connectivity index (χ2v) is 6.60. The Labute approximate surface area is 126 Å². The van der Waals surface area contributed by atoms with Crippen LogP contribution in [0.3, 0.4) is 0 Å². The lowest BCUT2D eigenvalue weighted by Gasteiger charge is -2.17. The zero-order valence-electron chi connectivity index (χ0n) is 13.2. The predicted octanol–water partition coefficient (Wildman–Crippen LogP) is 0.921. The summed E-state index contributed by atoms with van der Waals surface area (Å²) in [6.07, 6.45) is 1.60. The molecule has 0 saturated heterocycles. The van der Waals surface area contributed by atoms with Crippen molar-refractivity contribution in [3.8, 4) is 0 Å². The molecule has 0 aliphatic heterocycles. The van der Waals surface area contributed by atoms with Gasteiger partial charge in [0, 0.05) is 31.0 Å². The van der Waals surface area contributed by atoms with Crippen molar-refractivity contribution in [2.24, 2.45) is 0 Å². The fraction of sp³-hybridized carbons (Fsp3) is 0.769. The lowest BCUT2D eigenvalue weighted by atomic mass is 10.2. The number of hydrogen-bond donors (Lipinski definition) is 3. The van der Waals surface area contributed by atoms with Crippen LogP contribution in [0, 0.1) is 6.92 Å². The van der Waals surface area contributed by atoms with Crippen molar-refractivity contribution in [1.29, 1.82) is 0 Å². The lowest BCUT2D eigenvalue weighted by Crippen LogP contribution is -2.38. The predicted molar refractivity (Wildman–Crippen MR) is 81.6 cm³/mol. The lowest BCUT2D eigenvalue weighted by molar-refractivity contribution is 0.171. The average molecular weight is 318 g/mol. The zero-order valence-corrected chi connectivity index (χ0v) is 14.0. The summed E-state index contributed by atoms with van der Waals surface area (Å²) in [6, 6.07) is -0.242. The number of nitrogens with one attached hydrogen (secondary N) is 3. The normalized spacial score (nSPS) is 13.5. The summed E-state index contributed by atoms with van der Waals surface area (Å²) in [5.74, 6) is 0. The van der Waals surface area contributed by atoms with Crippen LogP contribution in [0.5, 0.6) is 0 Å². The standard InChI is InChI=1S/C13H26N4O3S/c1-5-7-11(9-20-4)17-21(18,19)13-12(8-14-6-2)10(3)15-16-13/h11,14,17H,5-9H2,1-4H3,(H,15,16). The van der Waals surface area contributed by atoms with Crippen molar-refractivity contribution in [1.82, 2.24) is 20.2 Å². The minimum absolute atomic E-state index is 0.0677. The van der Waals surface area contributed by atoms with Crippen LogP contribution in [-0.2, 0) is 21.3 Å². The van der Waals surface area contributed by atoms with Crippen LogP contribution in [0.15, 0.2) is 5.03 Å². The molecule has 21 heavy (non-hydrogen) atoms. The first kappa shape index (κ1) is 18.1. The highest BCUT2D eigenvalue weighted by Gasteiger charge is 2.26. The molecule has 1 heterocycles. The van der Waals surface area contributed by atoms with Crippen molar-refractivity contribution in [3.05, 3.63) is 11.3 Å². The summed E-state index contributed by atoms with van der Waals surface area (Å²) in [5, 5.41) is 9.90. The number of methoxy groups -OCH3 is 1. The molecule has 0 aliphatic carbocycles. The highest BCUT2D eigenvalue weighted by Crippen LogP contribution is 2.17. The third-order valence-corrected chi connectivity index (χ3v) is 4.66. The molecule has 1 aromatic rings. The largest absolute Gasteiger partial charge is 0.383 e. The number of nitrogens with zero attached hydrogens (tertiary/aromatic N) is 1. The minimum atomic E-state index is -3.66. The molecular formula is C13H26N4O3S. The van der Waals surface area contributed by atoms with E-state index in [1.807, 2.05) is 20.8 Å². The van der Waals surface area contributed by atoms with Crippen LogP contribution < -0.4 is 10.0 Å². The van der Waals surface area contributed by atoms with Gasteiger partial charge in [-0.3, -0.25) is 5.10 Å². The summed E-state index contributed by atoms with van der Waals surface area (Å²) in [6.45, 7) is 7.37. The first-order valence-electron chi connectivity index (χ1n) is 7.22. The van der Waals surface area contributed by atoms with Gasteiger partial charge in [0.1, 0.15) is 0 Å². The van der Waals surface area contributed by atoms with Crippen LogP contribution in [0.25, 0.3) is 0 Å². The SMILES string of the molecule is CCCC(COC)NS(=O)(=O)c1n[nH]c(C)c1CNCC. The van der Waals surface area contributed by atoms with E-state index >= 15 is 0 Å². The number of sulfonamides is 1. The zero-order chi connectivity index (χ0) is 15.9. The maximum Gasteiger partial charge on any atom is 0.260 e. The molecule has 0 spiro atoms. The molecule has 0 saturated carbocycles. The van der Waals surface area contributed by atoms with Crippen molar-refractivity contribution >= 4 is 10.0 Å². The van der Waals surface area contributed by atoms with Gasteiger partial charge in [0.05, 0.1) is 6.61 Å². The minimum Gasteiger partial charge on any atom is -0.383 e. The number of hydrogen-bond acceptors (Lipinski definition) is 5. The summed E-state index contributed by atoms with van der Waals surface area (Å²) in [5.41, 5.74) is 1.44. The monoisotopic (exact) mass is 318 g/mol. The third-order valence-electron chi connectivity index (χ3n) is 3.17. The first-order valence-corrected chi connectivity index (χ1v) is 8.70. The van der Waals surface area contributed by atoms with E-state index in [0.717, 1.165) is 25.1 Å². The number of aromatic amines is 1. The second-order valence-electron chi connectivity index (χ2n) is 4.97. The molecule has 1 atom stereocenters. The van der Waals surface area contributed by atoms with Gasteiger partial charge in [-0.1, -0.05) is 20.3 Å². The molecule has 122 valence electrons. The number of aromatic nitrogens is 2. The molecule has 0 radical (unpaired) electrons. The Morgan fingerprint density at radius 1 is 1.38 bits per heavy atom. The summed E-state index contributed by atoms with van der Waals surface area (Å²) >= 11 is 0. The Bertz CT molecular complexity index is 522. The maximum atomic E-state index is 12.5. The molecule has 1 rings (SSSR count). The quantitative estimate of drug-likeness (QED) is 0.596. The van der Waals surface area contributed by atoms with E-state index in [0.29, 0.717) is 18.7 Å². The van der Waals surface area contributed by atoms with Crippen molar-refractivity contribution < 1.29 is 13.2 Å². The Kier molecular flexibility index (Phi) is 7.30. The molecule has 1 unspecified atom stereocenters. The molecular weight excluding hydrogens is 292 g/mol. The molecule has 0 aromatic carbocycles. The van der Waals surface area contributed by atoms with Crippen molar-refractivity contribution in [2.45, 2.75) is 51.2 Å². The van der Waals surface area contributed by atoms with Crippen molar-refractivity contribution in [3.63, 3.8) is 0 Å². The van der Waals surface area contributed by atoms with Gasteiger partial charge >= 0.3 is 0 Å². The maximum absolute atomic E-state index is 12.5. The number of H-pyrrole nitrogens is 1. The smallest absolute Gasteiger partial charge is 0.260 e. The van der Waals surface area contributed by atoms with E-state index in [4.69, 9.17) is 4.74 Å².